The third-order valence-corrected chi connectivity index (χ3v) is 3.06. The zero-order valence-corrected chi connectivity index (χ0v) is 13.1. The molecule has 1 aromatic rings. The Morgan fingerprint density at radius 3 is 2.56 bits per heavy atom. The highest BCUT2D eigenvalue weighted by Crippen LogP contribution is 2.14. The number of nitrogens with two attached hydrogens (primary N) is 1. The van der Waals surface area contributed by atoms with Gasteiger partial charge in [0, 0.05) is 13.0 Å². The maximum Gasteiger partial charge on any atom is 0.190 e. The first-order chi connectivity index (χ1) is 7.33. The van der Waals surface area contributed by atoms with E-state index in [1.54, 1.807) is 11.8 Å². The first kappa shape index (κ1) is 16.2. The van der Waals surface area contributed by atoms with Crippen LogP contribution in [-0.4, -0.2) is 27.6 Å². The van der Waals surface area contributed by atoms with E-state index in [0.717, 1.165) is 43.3 Å². The molecule has 6 heteroatoms. The SMILES string of the molecule is CCn1c(CCCCCN)nnc1SC.I. The normalized spacial score (nSPS) is 10.2. The van der Waals surface area contributed by atoms with Crippen LogP contribution in [0.3, 0.4) is 0 Å². The Bertz CT molecular complexity index is 290. The highest BCUT2D eigenvalue weighted by atomic mass is 127. The van der Waals surface area contributed by atoms with Gasteiger partial charge in [-0.15, -0.1) is 34.2 Å². The van der Waals surface area contributed by atoms with Crippen molar-refractivity contribution in [2.24, 2.45) is 5.73 Å². The van der Waals surface area contributed by atoms with Crippen LogP contribution in [-0.2, 0) is 13.0 Å². The van der Waals surface area contributed by atoms with Gasteiger partial charge < -0.3 is 10.3 Å². The molecule has 2 N–H and O–H groups in total. The largest absolute Gasteiger partial charge is 0.330 e. The summed E-state index contributed by atoms with van der Waals surface area (Å²) in [7, 11) is 0. The maximum atomic E-state index is 5.45. The van der Waals surface area contributed by atoms with E-state index in [4.69, 9.17) is 5.73 Å². The van der Waals surface area contributed by atoms with Gasteiger partial charge in [0.25, 0.3) is 0 Å². The van der Waals surface area contributed by atoms with Gasteiger partial charge in [-0.1, -0.05) is 18.2 Å². The number of thioether (sulfide) groups is 1. The summed E-state index contributed by atoms with van der Waals surface area (Å²) in [6, 6.07) is 0. The van der Waals surface area contributed by atoms with Crippen LogP contribution in [0.2, 0.25) is 0 Å². The molecule has 0 aromatic carbocycles. The molecule has 0 fully saturated rings. The smallest absolute Gasteiger partial charge is 0.190 e. The van der Waals surface area contributed by atoms with Gasteiger partial charge in [-0.05, 0) is 32.6 Å². The molecule has 4 nitrogen and oxygen atoms in total. The zero-order chi connectivity index (χ0) is 11.1. The van der Waals surface area contributed by atoms with Crippen LogP contribution >= 0.6 is 35.7 Å². The molecule has 0 spiro atoms. The Hall–Kier alpha value is 0.180. The van der Waals surface area contributed by atoms with Gasteiger partial charge in [0.15, 0.2) is 5.16 Å². The minimum atomic E-state index is 0. The monoisotopic (exact) mass is 356 g/mol. The molecule has 0 saturated heterocycles. The zero-order valence-electron chi connectivity index (χ0n) is 9.98. The third kappa shape index (κ3) is 4.58. The fourth-order valence-electron chi connectivity index (χ4n) is 1.58. The summed E-state index contributed by atoms with van der Waals surface area (Å²) in [5.74, 6) is 1.11. The van der Waals surface area contributed by atoms with E-state index in [2.05, 4.69) is 21.7 Å². The van der Waals surface area contributed by atoms with E-state index in [1.807, 2.05) is 6.26 Å². The summed E-state index contributed by atoms with van der Waals surface area (Å²) in [4.78, 5) is 0. The lowest BCUT2D eigenvalue weighted by Crippen LogP contribution is -2.04. The average Bonchev–Trinajstić information content (AvgIpc) is 2.66. The molecule has 0 atom stereocenters. The first-order valence-electron chi connectivity index (χ1n) is 5.49. The van der Waals surface area contributed by atoms with Gasteiger partial charge in [0.1, 0.15) is 5.82 Å². The second-order valence-electron chi connectivity index (χ2n) is 3.45. The van der Waals surface area contributed by atoms with Crippen LogP contribution in [0.1, 0.15) is 32.0 Å². The molecule has 16 heavy (non-hydrogen) atoms. The van der Waals surface area contributed by atoms with Crippen molar-refractivity contribution in [2.45, 2.75) is 44.3 Å². The molecule has 0 bridgehead atoms. The lowest BCUT2D eigenvalue weighted by molar-refractivity contribution is 0.606. The van der Waals surface area contributed by atoms with Crippen molar-refractivity contribution in [3.05, 3.63) is 5.82 Å². The molecular weight excluding hydrogens is 335 g/mol. The predicted molar refractivity (Wildman–Crippen MR) is 79.5 cm³/mol. The Balaban J connectivity index is 0.00000225. The Kier molecular flexibility index (Phi) is 9.34. The molecule has 0 aliphatic carbocycles. The lowest BCUT2D eigenvalue weighted by Gasteiger charge is -2.05. The minimum Gasteiger partial charge on any atom is -0.330 e. The quantitative estimate of drug-likeness (QED) is 0.463. The van der Waals surface area contributed by atoms with Crippen molar-refractivity contribution in [1.29, 1.82) is 0 Å². The summed E-state index contributed by atoms with van der Waals surface area (Å²) in [5, 5.41) is 9.39. The Morgan fingerprint density at radius 1 is 1.25 bits per heavy atom. The van der Waals surface area contributed by atoms with Gasteiger partial charge in [0.2, 0.25) is 0 Å². The van der Waals surface area contributed by atoms with E-state index in [-0.39, 0.29) is 24.0 Å². The van der Waals surface area contributed by atoms with Crippen molar-refractivity contribution in [3.8, 4) is 0 Å². The molecule has 0 unspecified atom stereocenters. The van der Waals surface area contributed by atoms with Crippen molar-refractivity contribution in [1.82, 2.24) is 14.8 Å². The minimum absolute atomic E-state index is 0. The lowest BCUT2D eigenvalue weighted by atomic mass is 10.2. The highest BCUT2D eigenvalue weighted by molar-refractivity contribution is 14.0. The second kappa shape index (κ2) is 9.23. The number of nitrogens with zero attached hydrogens (tertiary/aromatic N) is 3. The number of hydrogen-bond acceptors (Lipinski definition) is 4. The number of hydrogen-bond donors (Lipinski definition) is 1. The molecule has 0 saturated carbocycles. The summed E-state index contributed by atoms with van der Waals surface area (Å²) >= 11 is 1.65. The van der Waals surface area contributed by atoms with Crippen LogP contribution in [0.4, 0.5) is 0 Å². The van der Waals surface area contributed by atoms with Crippen LogP contribution in [0.25, 0.3) is 0 Å². The van der Waals surface area contributed by atoms with Crippen LogP contribution in [0, 0.1) is 0 Å². The fraction of sp³-hybridized carbons (Fsp3) is 0.800. The molecular formula is C10H21IN4S. The van der Waals surface area contributed by atoms with Crippen molar-refractivity contribution < 1.29 is 0 Å². The molecule has 1 rings (SSSR count). The maximum absolute atomic E-state index is 5.45. The van der Waals surface area contributed by atoms with Gasteiger partial charge in [0.05, 0.1) is 0 Å². The van der Waals surface area contributed by atoms with Crippen molar-refractivity contribution >= 4 is 35.7 Å². The van der Waals surface area contributed by atoms with Crippen LogP contribution in [0.5, 0.6) is 0 Å². The van der Waals surface area contributed by atoms with Crippen molar-refractivity contribution in [3.63, 3.8) is 0 Å². The Morgan fingerprint density at radius 2 is 2.00 bits per heavy atom. The van der Waals surface area contributed by atoms with E-state index in [0.29, 0.717) is 0 Å². The molecule has 0 aliphatic heterocycles. The molecule has 0 aliphatic rings. The highest BCUT2D eigenvalue weighted by Gasteiger charge is 2.08. The Labute approximate surface area is 119 Å². The number of aromatic nitrogens is 3. The van der Waals surface area contributed by atoms with Crippen LogP contribution < -0.4 is 5.73 Å². The molecule has 94 valence electrons. The topological polar surface area (TPSA) is 56.7 Å². The number of unbranched alkanes of at least 4 members (excludes halogenated alkanes) is 2. The molecule has 1 aromatic heterocycles. The van der Waals surface area contributed by atoms with Gasteiger partial charge in [-0.25, -0.2) is 0 Å². The number of halogens is 1. The van der Waals surface area contributed by atoms with E-state index < -0.39 is 0 Å². The van der Waals surface area contributed by atoms with Gasteiger partial charge >= 0.3 is 0 Å². The summed E-state index contributed by atoms with van der Waals surface area (Å²) in [6.45, 7) is 3.87. The van der Waals surface area contributed by atoms with E-state index in [9.17, 15) is 0 Å². The first-order valence-corrected chi connectivity index (χ1v) is 6.72. The summed E-state index contributed by atoms with van der Waals surface area (Å²) < 4.78 is 2.19. The van der Waals surface area contributed by atoms with Crippen LogP contribution in [0.15, 0.2) is 5.16 Å². The molecule has 1 heterocycles. The predicted octanol–water partition coefficient (Wildman–Crippen LogP) is 2.31. The number of aryl methyl sites for hydroxylation is 1. The molecule has 0 radical (unpaired) electrons. The fourth-order valence-corrected chi connectivity index (χ4v) is 2.15. The molecule has 0 amide bonds. The second-order valence-corrected chi connectivity index (χ2v) is 4.22. The average molecular weight is 356 g/mol. The van der Waals surface area contributed by atoms with Crippen molar-refractivity contribution in [2.75, 3.05) is 12.8 Å². The van der Waals surface area contributed by atoms with E-state index >= 15 is 0 Å². The van der Waals surface area contributed by atoms with Gasteiger partial charge in [-0.2, -0.15) is 0 Å². The van der Waals surface area contributed by atoms with E-state index in [1.165, 1.54) is 6.42 Å². The summed E-state index contributed by atoms with van der Waals surface area (Å²) in [5.41, 5.74) is 5.45. The summed E-state index contributed by atoms with van der Waals surface area (Å²) in [6.07, 6.45) is 6.50. The number of rotatable bonds is 7. The third-order valence-electron chi connectivity index (χ3n) is 2.40. The van der Waals surface area contributed by atoms with Gasteiger partial charge in [-0.3, -0.25) is 0 Å². The standard InChI is InChI=1S/C10H20N4S.HI/c1-3-14-9(7-5-4-6-8-11)12-13-10(14)15-2;/h3-8,11H2,1-2H3;1H.